The number of alkyl halides is 3. The number of amides is 1. The molecule has 1 aromatic rings. The number of carbonyl (C=O) groups excluding carboxylic acids is 1. The van der Waals surface area contributed by atoms with Crippen LogP contribution in [0.4, 0.5) is 18.9 Å². The molecule has 0 radical (unpaired) electrons. The Labute approximate surface area is 102 Å². The summed E-state index contributed by atoms with van der Waals surface area (Å²) in [5.41, 5.74) is 4.42. The van der Waals surface area contributed by atoms with Gasteiger partial charge in [-0.15, -0.1) is 0 Å². The lowest BCUT2D eigenvalue weighted by Gasteiger charge is -2.09. The van der Waals surface area contributed by atoms with Gasteiger partial charge in [-0.3, -0.25) is 4.79 Å². The second-order valence-corrected chi connectivity index (χ2v) is 3.51. The van der Waals surface area contributed by atoms with Crippen LogP contribution in [0, 0.1) is 11.8 Å². The van der Waals surface area contributed by atoms with Crippen LogP contribution in [0.15, 0.2) is 18.2 Å². The highest BCUT2D eigenvalue weighted by Crippen LogP contribution is 2.33. The molecule has 0 heterocycles. The Morgan fingerprint density at radius 2 is 2.11 bits per heavy atom. The molecule has 0 bridgehead atoms. The van der Waals surface area contributed by atoms with E-state index in [4.69, 9.17) is 5.73 Å². The molecule has 6 heteroatoms. The van der Waals surface area contributed by atoms with Crippen LogP contribution < -0.4 is 11.1 Å². The highest BCUT2D eigenvalue weighted by Gasteiger charge is 2.32. The fraction of sp³-hybridized carbons (Fsp3) is 0.250. The Balaban J connectivity index is 2.82. The number of carbonyl (C=O) groups is 1. The number of nitrogens with one attached hydrogen (secondary N) is 1. The van der Waals surface area contributed by atoms with E-state index in [2.05, 4.69) is 17.2 Å². The third kappa shape index (κ3) is 4.01. The zero-order valence-corrected chi connectivity index (χ0v) is 9.56. The van der Waals surface area contributed by atoms with Gasteiger partial charge in [0.1, 0.15) is 0 Å². The molecule has 1 amide bonds. The Kier molecular flexibility index (Phi) is 4.21. The van der Waals surface area contributed by atoms with E-state index in [0.29, 0.717) is 5.56 Å². The van der Waals surface area contributed by atoms with Gasteiger partial charge in [0.15, 0.2) is 0 Å². The molecular formula is C12H11F3N2O. The minimum absolute atomic E-state index is 0.135. The Bertz CT molecular complexity index is 512. The highest BCUT2D eigenvalue weighted by molar-refractivity contribution is 5.73. The highest BCUT2D eigenvalue weighted by atomic mass is 19.4. The topological polar surface area (TPSA) is 55.1 Å². The van der Waals surface area contributed by atoms with E-state index in [1.54, 1.807) is 0 Å². The molecule has 0 aliphatic rings. The number of halogens is 3. The lowest BCUT2D eigenvalue weighted by molar-refractivity contribution is -0.136. The van der Waals surface area contributed by atoms with Crippen LogP contribution in [0.3, 0.4) is 0 Å². The molecule has 0 aliphatic carbocycles. The molecule has 0 atom stereocenters. The van der Waals surface area contributed by atoms with Crippen molar-refractivity contribution in [2.75, 3.05) is 12.3 Å². The van der Waals surface area contributed by atoms with Gasteiger partial charge < -0.3 is 11.1 Å². The van der Waals surface area contributed by atoms with Gasteiger partial charge in [-0.05, 0) is 18.2 Å². The van der Waals surface area contributed by atoms with Crippen LogP contribution in [-0.2, 0) is 11.0 Å². The van der Waals surface area contributed by atoms with E-state index >= 15 is 0 Å². The second-order valence-electron chi connectivity index (χ2n) is 3.51. The van der Waals surface area contributed by atoms with Gasteiger partial charge in [-0.25, -0.2) is 0 Å². The summed E-state index contributed by atoms with van der Waals surface area (Å²) in [6.07, 6.45) is -4.47. The fourth-order valence-corrected chi connectivity index (χ4v) is 1.21. The maximum atomic E-state index is 12.4. The third-order valence-corrected chi connectivity index (χ3v) is 2.02. The lowest BCUT2D eigenvalue weighted by Crippen LogP contribution is -2.19. The normalized spacial score (nSPS) is 10.4. The van der Waals surface area contributed by atoms with Crippen molar-refractivity contribution in [3.63, 3.8) is 0 Å². The summed E-state index contributed by atoms with van der Waals surface area (Å²) in [4.78, 5) is 10.5. The molecule has 0 aliphatic heterocycles. The van der Waals surface area contributed by atoms with Gasteiger partial charge >= 0.3 is 6.18 Å². The van der Waals surface area contributed by atoms with E-state index in [1.165, 1.54) is 13.0 Å². The molecule has 3 N–H and O–H groups in total. The number of nitrogens with two attached hydrogens (primary N) is 1. The average Bonchev–Trinajstić information content (AvgIpc) is 2.22. The lowest BCUT2D eigenvalue weighted by atomic mass is 10.1. The van der Waals surface area contributed by atoms with Crippen molar-refractivity contribution in [1.82, 2.24) is 5.32 Å². The summed E-state index contributed by atoms with van der Waals surface area (Å²) in [6, 6.07) is 3.28. The van der Waals surface area contributed by atoms with Crippen molar-refractivity contribution in [3.05, 3.63) is 29.3 Å². The van der Waals surface area contributed by atoms with Crippen molar-refractivity contribution in [1.29, 1.82) is 0 Å². The molecule has 0 spiro atoms. The van der Waals surface area contributed by atoms with Crippen molar-refractivity contribution >= 4 is 11.6 Å². The van der Waals surface area contributed by atoms with Crippen molar-refractivity contribution in [2.24, 2.45) is 0 Å². The Morgan fingerprint density at radius 3 is 2.61 bits per heavy atom. The number of benzene rings is 1. The number of nitrogen functional groups attached to an aromatic ring is 1. The molecule has 1 aromatic carbocycles. The fourth-order valence-electron chi connectivity index (χ4n) is 1.21. The van der Waals surface area contributed by atoms with Gasteiger partial charge in [-0.2, -0.15) is 13.2 Å². The monoisotopic (exact) mass is 256 g/mol. The third-order valence-electron chi connectivity index (χ3n) is 2.02. The zero-order chi connectivity index (χ0) is 13.8. The molecular weight excluding hydrogens is 245 g/mol. The second kappa shape index (κ2) is 5.45. The number of anilines is 1. The van der Waals surface area contributed by atoms with E-state index in [0.717, 1.165) is 12.1 Å². The number of rotatable bonds is 1. The van der Waals surface area contributed by atoms with E-state index in [1.807, 2.05) is 0 Å². The minimum Gasteiger partial charge on any atom is -0.398 e. The Morgan fingerprint density at radius 1 is 1.44 bits per heavy atom. The first-order valence-electron chi connectivity index (χ1n) is 5.00. The molecule has 3 nitrogen and oxygen atoms in total. The van der Waals surface area contributed by atoms with Crippen LogP contribution in [0.1, 0.15) is 18.1 Å². The van der Waals surface area contributed by atoms with Crippen molar-refractivity contribution < 1.29 is 18.0 Å². The number of hydrogen-bond acceptors (Lipinski definition) is 2. The molecule has 0 fully saturated rings. The average molecular weight is 256 g/mol. The van der Waals surface area contributed by atoms with Gasteiger partial charge in [0, 0.05) is 18.2 Å². The Hall–Kier alpha value is -2.16. The predicted molar refractivity (Wildman–Crippen MR) is 61.4 cm³/mol. The molecule has 1 rings (SSSR count). The standard InChI is InChI=1S/C12H11F3N2O/c1-8(18)17-6-2-3-9-4-5-10(11(16)7-9)12(13,14)15/h4-5,7H,6,16H2,1H3,(H,17,18). The molecule has 0 aromatic heterocycles. The van der Waals surface area contributed by atoms with Gasteiger partial charge in [0.25, 0.3) is 0 Å². The van der Waals surface area contributed by atoms with E-state index in [-0.39, 0.29) is 18.1 Å². The van der Waals surface area contributed by atoms with Crippen molar-refractivity contribution in [2.45, 2.75) is 13.1 Å². The molecule has 0 saturated carbocycles. The summed E-state index contributed by atoms with van der Waals surface area (Å²) in [6.45, 7) is 1.48. The summed E-state index contributed by atoms with van der Waals surface area (Å²) < 4.78 is 37.2. The first-order valence-corrected chi connectivity index (χ1v) is 5.00. The maximum Gasteiger partial charge on any atom is 0.418 e. The maximum absolute atomic E-state index is 12.4. The summed E-state index contributed by atoms with van der Waals surface area (Å²) in [7, 11) is 0. The van der Waals surface area contributed by atoms with Gasteiger partial charge in [-0.1, -0.05) is 11.8 Å². The summed E-state index contributed by atoms with van der Waals surface area (Å²) >= 11 is 0. The van der Waals surface area contributed by atoms with Gasteiger partial charge in [0.2, 0.25) is 5.91 Å². The van der Waals surface area contributed by atoms with Crippen LogP contribution >= 0.6 is 0 Å². The summed E-state index contributed by atoms with van der Waals surface area (Å²) in [5, 5.41) is 2.44. The molecule has 18 heavy (non-hydrogen) atoms. The number of hydrogen-bond donors (Lipinski definition) is 2. The van der Waals surface area contributed by atoms with E-state index in [9.17, 15) is 18.0 Å². The SMILES string of the molecule is CC(=O)NCC#Cc1ccc(C(F)(F)F)c(N)c1. The molecule has 96 valence electrons. The smallest absolute Gasteiger partial charge is 0.398 e. The first-order chi connectivity index (χ1) is 8.30. The van der Waals surface area contributed by atoms with Crippen molar-refractivity contribution in [3.8, 4) is 11.8 Å². The van der Waals surface area contributed by atoms with Gasteiger partial charge in [0.05, 0.1) is 12.1 Å². The molecule has 0 saturated heterocycles. The van der Waals surface area contributed by atoms with Crippen LogP contribution in [0.2, 0.25) is 0 Å². The molecule has 0 unspecified atom stereocenters. The predicted octanol–water partition coefficient (Wildman–Crippen LogP) is 1.78. The van der Waals surface area contributed by atoms with Crippen LogP contribution in [0.5, 0.6) is 0 Å². The van der Waals surface area contributed by atoms with Crippen LogP contribution in [0.25, 0.3) is 0 Å². The minimum atomic E-state index is -4.47. The van der Waals surface area contributed by atoms with Crippen LogP contribution in [-0.4, -0.2) is 12.5 Å². The van der Waals surface area contributed by atoms with E-state index < -0.39 is 11.7 Å². The summed E-state index contributed by atoms with van der Waals surface area (Å²) in [5.74, 6) is 4.98. The largest absolute Gasteiger partial charge is 0.418 e. The zero-order valence-electron chi connectivity index (χ0n) is 9.56. The quantitative estimate of drug-likeness (QED) is 0.594. The first kappa shape index (κ1) is 13.9.